The molecule has 2 aromatic rings. The SMILES string of the molecule is CC1CCC(N)(Cc2nn(C)c3ccccc23)CC1. The van der Waals surface area contributed by atoms with Gasteiger partial charge in [-0.05, 0) is 37.7 Å². The summed E-state index contributed by atoms with van der Waals surface area (Å²) in [4.78, 5) is 0. The second-order valence-corrected chi connectivity index (χ2v) is 6.31. The van der Waals surface area contributed by atoms with Gasteiger partial charge in [0.2, 0.25) is 0 Å². The first kappa shape index (κ1) is 12.7. The van der Waals surface area contributed by atoms with E-state index in [4.69, 9.17) is 5.73 Å². The van der Waals surface area contributed by atoms with Crippen molar-refractivity contribution in [3.05, 3.63) is 30.0 Å². The molecule has 1 saturated carbocycles. The van der Waals surface area contributed by atoms with E-state index >= 15 is 0 Å². The van der Waals surface area contributed by atoms with Gasteiger partial charge in [-0.15, -0.1) is 0 Å². The number of para-hydroxylation sites is 1. The van der Waals surface area contributed by atoms with Crippen molar-refractivity contribution in [3.63, 3.8) is 0 Å². The molecular weight excluding hydrogens is 234 g/mol. The molecule has 3 heteroatoms. The van der Waals surface area contributed by atoms with Crippen LogP contribution in [-0.2, 0) is 13.5 Å². The Morgan fingerprint density at radius 2 is 2.00 bits per heavy atom. The molecule has 3 nitrogen and oxygen atoms in total. The van der Waals surface area contributed by atoms with Gasteiger partial charge in [-0.3, -0.25) is 4.68 Å². The molecule has 1 aliphatic carbocycles. The monoisotopic (exact) mass is 257 g/mol. The van der Waals surface area contributed by atoms with Gasteiger partial charge in [0.25, 0.3) is 0 Å². The molecule has 2 N–H and O–H groups in total. The van der Waals surface area contributed by atoms with E-state index in [1.165, 1.54) is 23.7 Å². The third-order valence-corrected chi connectivity index (χ3v) is 4.62. The highest BCUT2D eigenvalue weighted by atomic mass is 15.3. The Balaban J connectivity index is 1.89. The van der Waals surface area contributed by atoms with Crippen molar-refractivity contribution in [2.45, 2.75) is 44.6 Å². The minimum absolute atomic E-state index is 0.0519. The number of rotatable bonds is 2. The molecule has 1 aromatic heterocycles. The summed E-state index contributed by atoms with van der Waals surface area (Å²) < 4.78 is 1.97. The highest BCUT2D eigenvalue weighted by Crippen LogP contribution is 2.33. The molecular formula is C16H23N3. The Morgan fingerprint density at radius 1 is 1.32 bits per heavy atom. The van der Waals surface area contributed by atoms with Crippen LogP contribution in [0.4, 0.5) is 0 Å². The predicted octanol–water partition coefficient (Wildman–Crippen LogP) is 3.02. The van der Waals surface area contributed by atoms with Crippen LogP contribution in [0.15, 0.2) is 24.3 Å². The largest absolute Gasteiger partial charge is 0.325 e. The molecule has 0 radical (unpaired) electrons. The molecule has 0 saturated heterocycles. The molecule has 0 unspecified atom stereocenters. The van der Waals surface area contributed by atoms with Crippen molar-refractivity contribution < 1.29 is 0 Å². The number of nitrogens with zero attached hydrogens (tertiary/aromatic N) is 2. The van der Waals surface area contributed by atoms with E-state index in [-0.39, 0.29) is 5.54 Å². The summed E-state index contributed by atoms with van der Waals surface area (Å²) in [6, 6.07) is 8.43. The summed E-state index contributed by atoms with van der Waals surface area (Å²) in [5, 5.41) is 5.94. The Labute approximate surface area is 114 Å². The minimum Gasteiger partial charge on any atom is -0.325 e. The first-order valence-corrected chi connectivity index (χ1v) is 7.27. The van der Waals surface area contributed by atoms with Crippen LogP contribution in [0.2, 0.25) is 0 Å². The maximum Gasteiger partial charge on any atom is 0.0721 e. The summed E-state index contributed by atoms with van der Waals surface area (Å²) >= 11 is 0. The van der Waals surface area contributed by atoms with Crippen LogP contribution in [0.5, 0.6) is 0 Å². The summed E-state index contributed by atoms with van der Waals surface area (Å²) in [5.74, 6) is 0.831. The van der Waals surface area contributed by atoms with Crippen LogP contribution < -0.4 is 5.73 Å². The zero-order valence-corrected chi connectivity index (χ0v) is 11.9. The molecule has 0 aliphatic heterocycles. The van der Waals surface area contributed by atoms with Crippen molar-refractivity contribution in [1.82, 2.24) is 9.78 Å². The van der Waals surface area contributed by atoms with Crippen molar-refractivity contribution in [2.75, 3.05) is 0 Å². The number of aromatic nitrogens is 2. The normalized spacial score (nSPS) is 27.8. The fourth-order valence-corrected chi connectivity index (χ4v) is 3.27. The molecule has 0 amide bonds. The number of nitrogens with two attached hydrogens (primary N) is 1. The van der Waals surface area contributed by atoms with E-state index in [0.717, 1.165) is 30.9 Å². The maximum absolute atomic E-state index is 6.60. The smallest absolute Gasteiger partial charge is 0.0721 e. The van der Waals surface area contributed by atoms with Crippen molar-refractivity contribution in [2.24, 2.45) is 18.7 Å². The molecule has 0 bridgehead atoms. The molecule has 1 aromatic carbocycles. The number of hydrogen-bond donors (Lipinski definition) is 1. The summed E-state index contributed by atoms with van der Waals surface area (Å²) in [5.41, 5.74) is 8.91. The number of benzene rings is 1. The summed E-state index contributed by atoms with van der Waals surface area (Å²) in [6.07, 6.45) is 5.65. The van der Waals surface area contributed by atoms with Gasteiger partial charge in [-0.1, -0.05) is 25.1 Å². The molecule has 19 heavy (non-hydrogen) atoms. The average Bonchev–Trinajstić information content (AvgIpc) is 2.71. The average molecular weight is 257 g/mol. The second kappa shape index (κ2) is 4.64. The lowest BCUT2D eigenvalue weighted by Crippen LogP contribution is -2.45. The van der Waals surface area contributed by atoms with E-state index in [2.05, 4.69) is 36.3 Å². The van der Waals surface area contributed by atoms with E-state index in [9.17, 15) is 0 Å². The van der Waals surface area contributed by atoms with Crippen molar-refractivity contribution in [3.8, 4) is 0 Å². The van der Waals surface area contributed by atoms with Crippen LogP contribution in [0.25, 0.3) is 10.9 Å². The van der Waals surface area contributed by atoms with E-state index in [1.807, 2.05) is 11.7 Å². The van der Waals surface area contributed by atoms with Gasteiger partial charge in [0, 0.05) is 24.4 Å². The topological polar surface area (TPSA) is 43.8 Å². The lowest BCUT2D eigenvalue weighted by atomic mass is 9.75. The molecule has 0 spiro atoms. The van der Waals surface area contributed by atoms with E-state index in [1.54, 1.807) is 0 Å². The Kier molecular flexibility index (Phi) is 3.09. The molecule has 1 aliphatic rings. The maximum atomic E-state index is 6.60. The van der Waals surface area contributed by atoms with Gasteiger partial charge in [0.15, 0.2) is 0 Å². The molecule has 0 atom stereocenters. The molecule has 102 valence electrons. The Bertz CT molecular complexity index is 577. The van der Waals surface area contributed by atoms with Gasteiger partial charge in [-0.2, -0.15) is 5.10 Å². The third kappa shape index (κ3) is 2.39. The van der Waals surface area contributed by atoms with Crippen LogP contribution >= 0.6 is 0 Å². The Morgan fingerprint density at radius 3 is 2.74 bits per heavy atom. The number of hydrogen-bond acceptors (Lipinski definition) is 2. The first-order valence-electron chi connectivity index (χ1n) is 7.27. The zero-order chi connectivity index (χ0) is 13.5. The van der Waals surface area contributed by atoms with E-state index in [0.29, 0.717) is 0 Å². The fourth-order valence-electron chi connectivity index (χ4n) is 3.27. The lowest BCUT2D eigenvalue weighted by molar-refractivity contribution is 0.242. The third-order valence-electron chi connectivity index (χ3n) is 4.62. The Hall–Kier alpha value is -1.35. The first-order chi connectivity index (χ1) is 9.07. The van der Waals surface area contributed by atoms with Gasteiger partial charge < -0.3 is 5.73 Å². The molecule has 1 heterocycles. The van der Waals surface area contributed by atoms with Gasteiger partial charge in [-0.25, -0.2) is 0 Å². The van der Waals surface area contributed by atoms with Crippen LogP contribution in [0, 0.1) is 5.92 Å². The lowest BCUT2D eigenvalue weighted by Gasteiger charge is -2.35. The van der Waals surface area contributed by atoms with Crippen LogP contribution in [-0.4, -0.2) is 15.3 Å². The summed E-state index contributed by atoms with van der Waals surface area (Å²) in [7, 11) is 2.01. The number of aryl methyl sites for hydroxylation is 1. The quantitative estimate of drug-likeness (QED) is 0.898. The highest BCUT2D eigenvalue weighted by Gasteiger charge is 2.31. The van der Waals surface area contributed by atoms with Crippen LogP contribution in [0.3, 0.4) is 0 Å². The van der Waals surface area contributed by atoms with Crippen LogP contribution in [0.1, 0.15) is 38.3 Å². The van der Waals surface area contributed by atoms with Gasteiger partial charge >= 0.3 is 0 Å². The number of fused-ring (bicyclic) bond motifs is 1. The van der Waals surface area contributed by atoms with Crippen molar-refractivity contribution in [1.29, 1.82) is 0 Å². The van der Waals surface area contributed by atoms with Gasteiger partial charge in [0.05, 0.1) is 11.2 Å². The van der Waals surface area contributed by atoms with Gasteiger partial charge in [0.1, 0.15) is 0 Å². The predicted molar refractivity (Wildman–Crippen MR) is 79.0 cm³/mol. The van der Waals surface area contributed by atoms with Crippen molar-refractivity contribution >= 4 is 10.9 Å². The molecule has 1 fully saturated rings. The minimum atomic E-state index is -0.0519. The fraction of sp³-hybridized carbons (Fsp3) is 0.562. The standard InChI is InChI=1S/C16H23N3/c1-12-7-9-16(17,10-8-12)11-14-13-5-3-4-6-15(13)19(2)18-14/h3-6,12H,7-11,17H2,1-2H3. The second-order valence-electron chi connectivity index (χ2n) is 6.31. The van der Waals surface area contributed by atoms with E-state index < -0.39 is 0 Å². The molecule has 3 rings (SSSR count). The highest BCUT2D eigenvalue weighted by molar-refractivity contribution is 5.81. The zero-order valence-electron chi connectivity index (χ0n) is 11.9. The summed E-state index contributed by atoms with van der Waals surface area (Å²) in [6.45, 7) is 2.33.